The molecule has 0 saturated carbocycles. The summed E-state index contributed by atoms with van der Waals surface area (Å²) in [6.45, 7) is 2.13. The van der Waals surface area contributed by atoms with E-state index in [0.717, 1.165) is 12.0 Å². The number of carboxylic acids is 1. The summed E-state index contributed by atoms with van der Waals surface area (Å²) in [6.07, 6.45) is 5.61. The molecule has 0 aromatic heterocycles. The van der Waals surface area contributed by atoms with Crippen molar-refractivity contribution in [3.8, 4) is 0 Å². The number of aromatic carboxylic acids is 1. The number of hydrogen-bond donors (Lipinski definition) is 1. The van der Waals surface area contributed by atoms with Crippen LogP contribution in [0.25, 0.3) is 0 Å². The maximum Gasteiger partial charge on any atom is 0.0715 e. The van der Waals surface area contributed by atoms with E-state index in [0.29, 0.717) is 11.8 Å². The van der Waals surface area contributed by atoms with Gasteiger partial charge in [-0.2, -0.15) is 0 Å². The Morgan fingerprint density at radius 3 is 2.70 bits per heavy atom. The van der Waals surface area contributed by atoms with Crippen molar-refractivity contribution in [3.05, 3.63) is 76.9 Å². The smallest absolute Gasteiger partial charge is 0.0715 e. The molecule has 23 heavy (non-hydrogen) atoms. The lowest BCUT2D eigenvalue weighted by Gasteiger charge is -2.38. The maximum absolute atomic E-state index is 10.9. The van der Waals surface area contributed by atoms with E-state index >= 15 is 0 Å². The molecule has 1 heterocycles. The molecule has 0 saturated heterocycles. The number of rotatable bonds is 2. The van der Waals surface area contributed by atoms with Crippen LogP contribution in [0.2, 0.25) is 0 Å². The Kier molecular flexibility index (Phi) is 3.22. The van der Waals surface area contributed by atoms with E-state index < -0.39 is 5.97 Å². The Hall–Kier alpha value is -2.55. The number of hydrogen-bond acceptors (Lipinski definition) is 3. The summed E-state index contributed by atoms with van der Waals surface area (Å²) in [5, 5.41) is 14.6. The van der Waals surface area contributed by atoms with Crippen LogP contribution in [0.1, 0.15) is 45.4 Å². The number of para-hydroxylation sites is 1. The second kappa shape index (κ2) is 5.27. The molecule has 1 aliphatic heterocycles. The van der Waals surface area contributed by atoms with Crippen molar-refractivity contribution in [2.24, 2.45) is 5.92 Å². The molecule has 2 aliphatic rings. The molecule has 3 atom stereocenters. The van der Waals surface area contributed by atoms with Crippen molar-refractivity contribution >= 4 is 11.7 Å². The summed E-state index contributed by atoms with van der Waals surface area (Å²) < 4.78 is 0. The molecule has 116 valence electrons. The lowest BCUT2D eigenvalue weighted by atomic mass is 9.76. The fourth-order valence-electron chi connectivity index (χ4n) is 3.93. The quantitative estimate of drug-likeness (QED) is 0.867. The van der Waals surface area contributed by atoms with Crippen LogP contribution >= 0.6 is 0 Å². The molecule has 0 unspecified atom stereocenters. The van der Waals surface area contributed by atoms with Crippen molar-refractivity contribution in [2.75, 3.05) is 5.32 Å². The van der Waals surface area contributed by atoms with Gasteiger partial charge in [-0.15, -0.1) is 0 Å². The van der Waals surface area contributed by atoms with Crippen molar-refractivity contribution in [2.45, 2.75) is 25.3 Å². The Morgan fingerprint density at radius 2 is 1.96 bits per heavy atom. The minimum Gasteiger partial charge on any atom is -0.545 e. The van der Waals surface area contributed by atoms with Gasteiger partial charge in [-0.1, -0.05) is 54.6 Å². The minimum atomic E-state index is -1.13. The van der Waals surface area contributed by atoms with Gasteiger partial charge in [0, 0.05) is 11.6 Å². The van der Waals surface area contributed by atoms with Crippen molar-refractivity contribution in [3.63, 3.8) is 0 Å². The second-order valence-corrected chi connectivity index (χ2v) is 6.42. The van der Waals surface area contributed by atoms with Gasteiger partial charge in [0.15, 0.2) is 0 Å². The predicted octanol–water partition coefficient (Wildman–Crippen LogP) is 3.19. The molecule has 0 spiro atoms. The maximum atomic E-state index is 10.9. The minimum absolute atomic E-state index is 0.194. The SMILES string of the molecule is Cc1cccc2c1N[C@H](c1ccc(C(=O)[O-])cc1)[C@@H]1CC=C[C@@H]21. The first-order valence-corrected chi connectivity index (χ1v) is 7.99. The number of allylic oxidation sites excluding steroid dienone is 2. The van der Waals surface area contributed by atoms with E-state index in [2.05, 4.69) is 42.6 Å². The van der Waals surface area contributed by atoms with E-state index in [1.807, 2.05) is 12.1 Å². The average molecular weight is 304 g/mol. The van der Waals surface area contributed by atoms with Crippen LogP contribution in [0.15, 0.2) is 54.6 Å². The summed E-state index contributed by atoms with van der Waals surface area (Å²) in [4.78, 5) is 10.9. The third kappa shape index (κ3) is 2.24. The van der Waals surface area contributed by atoms with Gasteiger partial charge in [0.25, 0.3) is 0 Å². The van der Waals surface area contributed by atoms with Crippen LogP contribution in [0.3, 0.4) is 0 Å². The van der Waals surface area contributed by atoms with E-state index in [9.17, 15) is 9.90 Å². The fourth-order valence-corrected chi connectivity index (χ4v) is 3.93. The molecule has 3 heteroatoms. The van der Waals surface area contributed by atoms with Crippen LogP contribution in [0.4, 0.5) is 5.69 Å². The molecule has 1 N–H and O–H groups in total. The highest BCUT2D eigenvalue weighted by Crippen LogP contribution is 2.50. The molecular formula is C20H18NO2-. The Morgan fingerprint density at radius 1 is 1.17 bits per heavy atom. The van der Waals surface area contributed by atoms with E-state index in [1.54, 1.807) is 12.1 Å². The molecule has 0 bridgehead atoms. The van der Waals surface area contributed by atoms with E-state index in [-0.39, 0.29) is 11.6 Å². The number of anilines is 1. The highest BCUT2D eigenvalue weighted by atomic mass is 16.4. The normalized spacial score (nSPS) is 24.7. The summed E-state index contributed by atoms with van der Waals surface area (Å²) in [5.74, 6) is -0.232. The summed E-state index contributed by atoms with van der Waals surface area (Å²) in [7, 11) is 0. The first-order valence-electron chi connectivity index (χ1n) is 7.99. The first-order chi connectivity index (χ1) is 11.1. The van der Waals surface area contributed by atoms with Gasteiger partial charge in [-0.3, -0.25) is 0 Å². The lowest BCUT2D eigenvalue weighted by Crippen LogP contribution is -2.29. The van der Waals surface area contributed by atoms with Crippen molar-refractivity contribution in [1.82, 2.24) is 0 Å². The van der Waals surface area contributed by atoms with Gasteiger partial charge in [-0.05, 0) is 41.5 Å². The van der Waals surface area contributed by atoms with E-state index in [4.69, 9.17) is 0 Å². The van der Waals surface area contributed by atoms with Gasteiger partial charge in [0.1, 0.15) is 0 Å². The molecule has 4 rings (SSSR count). The van der Waals surface area contributed by atoms with Crippen molar-refractivity contribution < 1.29 is 9.90 Å². The Bertz CT molecular complexity index is 792. The molecule has 3 nitrogen and oxygen atoms in total. The number of nitrogens with one attached hydrogen (secondary N) is 1. The predicted molar refractivity (Wildman–Crippen MR) is 88.3 cm³/mol. The van der Waals surface area contributed by atoms with Gasteiger partial charge in [0.2, 0.25) is 0 Å². The van der Waals surface area contributed by atoms with Gasteiger partial charge in [-0.25, -0.2) is 0 Å². The zero-order valence-electron chi connectivity index (χ0n) is 13.0. The number of benzene rings is 2. The van der Waals surface area contributed by atoms with Gasteiger partial charge in [0.05, 0.1) is 12.0 Å². The molecule has 0 fully saturated rings. The standard InChI is InChI=1S/C20H19NO2/c1-12-4-2-6-16-15-5-3-7-17(15)19(21-18(12)16)13-8-10-14(11-9-13)20(22)23/h2-6,8-11,15,17,19,21H,7H2,1H3,(H,22,23)/p-1/t15-,17+,19+/m0/s1. The number of carboxylic acid groups (broad SMARTS) is 1. The number of carbonyl (C=O) groups is 1. The monoisotopic (exact) mass is 304 g/mol. The second-order valence-electron chi connectivity index (χ2n) is 6.42. The van der Waals surface area contributed by atoms with E-state index in [1.165, 1.54) is 16.8 Å². The van der Waals surface area contributed by atoms with Crippen LogP contribution in [0.5, 0.6) is 0 Å². The van der Waals surface area contributed by atoms with Gasteiger partial charge < -0.3 is 15.2 Å². The summed E-state index contributed by atoms with van der Waals surface area (Å²) >= 11 is 0. The zero-order valence-corrected chi connectivity index (χ0v) is 13.0. The number of fused-ring (bicyclic) bond motifs is 3. The Balaban J connectivity index is 1.75. The van der Waals surface area contributed by atoms with Crippen LogP contribution in [-0.2, 0) is 0 Å². The third-order valence-corrected chi connectivity index (χ3v) is 5.11. The largest absolute Gasteiger partial charge is 0.545 e. The molecule has 2 aromatic carbocycles. The lowest BCUT2D eigenvalue weighted by molar-refractivity contribution is -0.255. The third-order valence-electron chi connectivity index (χ3n) is 5.11. The fraction of sp³-hybridized carbons (Fsp3) is 0.250. The molecule has 0 radical (unpaired) electrons. The van der Waals surface area contributed by atoms with Crippen LogP contribution < -0.4 is 10.4 Å². The molecule has 2 aromatic rings. The summed E-state index contributed by atoms with van der Waals surface area (Å²) in [5.41, 5.74) is 5.18. The van der Waals surface area contributed by atoms with Crippen LogP contribution in [-0.4, -0.2) is 5.97 Å². The highest BCUT2D eigenvalue weighted by molar-refractivity contribution is 5.85. The van der Waals surface area contributed by atoms with Crippen LogP contribution in [0, 0.1) is 12.8 Å². The number of aryl methyl sites for hydroxylation is 1. The number of carbonyl (C=O) groups excluding carboxylic acids is 1. The van der Waals surface area contributed by atoms with Crippen molar-refractivity contribution in [1.29, 1.82) is 0 Å². The van der Waals surface area contributed by atoms with Gasteiger partial charge >= 0.3 is 0 Å². The molecular weight excluding hydrogens is 286 g/mol. The first kappa shape index (κ1) is 14.1. The molecule has 0 amide bonds. The topological polar surface area (TPSA) is 52.2 Å². The zero-order chi connectivity index (χ0) is 16.0. The molecule has 1 aliphatic carbocycles. The summed E-state index contributed by atoms with van der Waals surface area (Å²) in [6, 6.07) is 13.7. The Labute approximate surface area is 135 Å². The average Bonchev–Trinajstić information content (AvgIpc) is 3.04. The highest BCUT2D eigenvalue weighted by Gasteiger charge is 2.38.